The number of aliphatic hydroxyl groups is 8. The van der Waals surface area contributed by atoms with Crippen molar-refractivity contribution < 1.29 is 50.4 Å². The third-order valence-electron chi connectivity index (χ3n) is 2.14. The zero-order chi connectivity index (χ0) is 16.3. The summed E-state index contributed by atoms with van der Waals surface area (Å²) in [5, 5.41) is 68.1. The molecule has 3 unspecified atom stereocenters. The molecule has 0 spiro atoms. The topological polar surface area (TPSA) is 196 Å². The van der Waals surface area contributed by atoms with Crippen molar-refractivity contribution >= 4 is 12.6 Å². The summed E-state index contributed by atoms with van der Waals surface area (Å²) in [7, 11) is 0. The van der Waals surface area contributed by atoms with Crippen LogP contribution in [-0.2, 0) is 9.59 Å². The van der Waals surface area contributed by atoms with Crippen LogP contribution < -0.4 is 0 Å². The van der Waals surface area contributed by atoms with Gasteiger partial charge in [0.2, 0.25) is 0 Å². The summed E-state index contributed by atoms with van der Waals surface area (Å²) in [6, 6.07) is 0. The Hall–Kier alpha value is -0.980. The highest BCUT2D eigenvalue weighted by atomic mass is 16.4. The van der Waals surface area contributed by atoms with Gasteiger partial charge in [-0.2, -0.15) is 0 Å². The zero-order valence-corrected chi connectivity index (χ0v) is 10.4. The SMILES string of the molecule is O=CC(O)C(O)C(O)CO.O=C[C@H](O)[C@@H](O)[C@H](O)CO. The van der Waals surface area contributed by atoms with Gasteiger partial charge in [-0.3, -0.25) is 0 Å². The van der Waals surface area contributed by atoms with E-state index in [-0.39, 0.29) is 12.6 Å². The predicted molar refractivity (Wildman–Crippen MR) is 62.3 cm³/mol. The lowest BCUT2D eigenvalue weighted by molar-refractivity contribution is -0.128. The minimum atomic E-state index is -1.64. The molecule has 10 nitrogen and oxygen atoms in total. The molecule has 0 fully saturated rings. The van der Waals surface area contributed by atoms with E-state index in [9.17, 15) is 9.59 Å². The summed E-state index contributed by atoms with van der Waals surface area (Å²) in [6.07, 6.45) is -9.26. The third-order valence-corrected chi connectivity index (χ3v) is 2.14. The Kier molecular flexibility index (Phi) is 12.6. The van der Waals surface area contributed by atoms with E-state index in [1.54, 1.807) is 0 Å². The molecule has 6 atom stereocenters. The van der Waals surface area contributed by atoms with Crippen molar-refractivity contribution in [2.75, 3.05) is 13.2 Å². The van der Waals surface area contributed by atoms with E-state index in [0.29, 0.717) is 0 Å². The quantitative estimate of drug-likeness (QED) is 0.200. The lowest BCUT2D eigenvalue weighted by Crippen LogP contribution is -2.40. The molecule has 0 amide bonds. The molecular weight excluding hydrogens is 280 g/mol. The summed E-state index contributed by atoms with van der Waals surface area (Å²) in [5.41, 5.74) is 0. The normalized spacial score (nSPS) is 19.6. The van der Waals surface area contributed by atoms with Gasteiger partial charge in [0.15, 0.2) is 12.6 Å². The Morgan fingerprint density at radius 1 is 0.650 bits per heavy atom. The van der Waals surface area contributed by atoms with Gasteiger partial charge in [-0.15, -0.1) is 0 Å². The fourth-order valence-electron chi connectivity index (χ4n) is 0.832. The first-order valence-electron chi connectivity index (χ1n) is 5.47. The maximum absolute atomic E-state index is 9.76. The molecular formula is C10H20O10. The molecule has 0 rings (SSSR count). The first-order chi connectivity index (χ1) is 9.26. The van der Waals surface area contributed by atoms with Crippen molar-refractivity contribution in [3.05, 3.63) is 0 Å². The average Bonchev–Trinajstić information content (AvgIpc) is 2.50. The maximum Gasteiger partial charge on any atom is 0.151 e. The number of carbonyl (C=O) groups is 2. The summed E-state index contributed by atoms with van der Waals surface area (Å²) in [6.45, 7) is -1.38. The van der Waals surface area contributed by atoms with Crippen molar-refractivity contribution in [1.29, 1.82) is 0 Å². The van der Waals surface area contributed by atoms with Crippen LogP contribution in [0.15, 0.2) is 0 Å². The molecule has 0 aromatic carbocycles. The number of hydrogen-bond acceptors (Lipinski definition) is 10. The van der Waals surface area contributed by atoms with Gasteiger partial charge in [0.25, 0.3) is 0 Å². The second-order valence-corrected chi connectivity index (χ2v) is 3.73. The van der Waals surface area contributed by atoms with Crippen molar-refractivity contribution in [1.82, 2.24) is 0 Å². The molecule has 0 aromatic heterocycles. The van der Waals surface area contributed by atoms with E-state index in [1.165, 1.54) is 0 Å². The minimum absolute atomic E-state index is 0.0869. The predicted octanol–water partition coefficient (Wildman–Crippen LogP) is -5.48. The molecule has 20 heavy (non-hydrogen) atoms. The second-order valence-electron chi connectivity index (χ2n) is 3.73. The zero-order valence-electron chi connectivity index (χ0n) is 10.4. The van der Waals surface area contributed by atoms with Gasteiger partial charge in [-0.05, 0) is 0 Å². The number of carbonyl (C=O) groups excluding carboxylic acids is 2. The fourth-order valence-corrected chi connectivity index (χ4v) is 0.832. The molecule has 120 valence electrons. The molecule has 0 radical (unpaired) electrons. The Bertz CT molecular complexity index is 234. The number of rotatable bonds is 8. The van der Waals surface area contributed by atoms with E-state index in [2.05, 4.69) is 0 Å². The van der Waals surface area contributed by atoms with Crippen LogP contribution in [0, 0.1) is 0 Å². The van der Waals surface area contributed by atoms with E-state index in [0.717, 1.165) is 0 Å². The first kappa shape index (κ1) is 21.3. The van der Waals surface area contributed by atoms with Crippen molar-refractivity contribution in [2.24, 2.45) is 0 Å². The monoisotopic (exact) mass is 300 g/mol. The largest absolute Gasteiger partial charge is 0.394 e. The summed E-state index contributed by atoms with van der Waals surface area (Å²) in [5.74, 6) is 0. The van der Waals surface area contributed by atoms with Gasteiger partial charge < -0.3 is 50.4 Å². The van der Waals surface area contributed by atoms with Crippen LogP contribution in [0.3, 0.4) is 0 Å². The fraction of sp³-hybridized carbons (Fsp3) is 0.800. The Balaban J connectivity index is 0. The smallest absolute Gasteiger partial charge is 0.151 e. The maximum atomic E-state index is 9.76. The second kappa shape index (κ2) is 11.8. The number of hydrogen-bond donors (Lipinski definition) is 8. The first-order valence-corrected chi connectivity index (χ1v) is 5.47. The van der Waals surface area contributed by atoms with Gasteiger partial charge in [-0.25, -0.2) is 0 Å². The highest BCUT2D eigenvalue weighted by Crippen LogP contribution is 1.97. The molecule has 0 aliphatic carbocycles. The highest BCUT2D eigenvalue weighted by Gasteiger charge is 2.23. The van der Waals surface area contributed by atoms with Crippen LogP contribution in [0.1, 0.15) is 0 Å². The van der Waals surface area contributed by atoms with Crippen LogP contribution in [0.5, 0.6) is 0 Å². The average molecular weight is 300 g/mol. The van der Waals surface area contributed by atoms with Gasteiger partial charge in [0.05, 0.1) is 13.2 Å². The molecule has 0 saturated heterocycles. The van der Waals surface area contributed by atoms with E-state index >= 15 is 0 Å². The molecule has 0 aromatic rings. The van der Waals surface area contributed by atoms with E-state index < -0.39 is 49.8 Å². The Morgan fingerprint density at radius 2 is 0.900 bits per heavy atom. The molecule has 8 N–H and O–H groups in total. The molecule has 0 saturated carbocycles. The molecule has 0 heterocycles. The Labute approximate surface area is 114 Å². The van der Waals surface area contributed by atoms with Gasteiger partial charge >= 0.3 is 0 Å². The van der Waals surface area contributed by atoms with Crippen LogP contribution in [-0.4, -0.2) is 103 Å². The molecule has 10 heteroatoms. The van der Waals surface area contributed by atoms with Crippen molar-refractivity contribution in [2.45, 2.75) is 36.6 Å². The van der Waals surface area contributed by atoms with Crippen LogP contribution in [0.4, 0.5) is 0 Å². The highest BCUT2D eigenvalue weighted by molar-refractivity contribution is 5.57. The molecule has 0 bridgehead atoms. The summed E-state index contributed by atoms with van der Waals surface area (Å²) >= 11 is 0. The third kappa shape index (κ3) is 8.24. The van der Waals surface area contributed by atoms with E-state index in [1.807, 2.05) is 0 Å². The van der Waals surface area contributed by atoms with Gasteiger partial charge in [0, 0.05) is 0 Å². The van der Waals surface area contributed by atoms with Crippen molar-refractivity contribution in [3.8, 4) is 0 Å². The van der Waals surface area contributed by atoms with Crippen LogP contribution >= 0.6 is 0 Å². The minimum Gasteiger partial charge on any atom is -0.394 e. The van der Waals surface area contributed by atoms with Gasteiger partial charge in [-0.1, -0.05) is 0 Å². The van der Waals surface area contributed by atoms with Gasteiger partial charge in [0.1, 0.15) is 36.6 Å². The van der Waals surface area contributed by atoms with E-state index in [4.69, 9.17) is 40.9 Å². The molecule has 0 aliphatic rings. The van der Waals surface area contributed by atoms with Crippen molar-refractivity contribution in [3.63, 3.8) is 0 Å². The van der Waals surface area contributed by atoms with Crippen LogP contribution in [0.2, 0.25) is 0 Å². The lowest BCUT2D eigenvalue weighted by Gasteiger charge is -2.16. The summed E-state index contributed by atoms with van der Waals surface area (Å²) in [4.78, 5) is 19.5. The number of aldehydes is 2. The van der Waals surface area contributed by atoms with Crippen LogP contribution in [0.25, 0.3) is 0 Å². The molecule has 0 aliphatic heterocycles. The standard InChI is InChI=1S/2C5H10O5/c2*6-1-3(8)5(10)4(9)2-7/h2*1,3-5,7-10H,2H2/t3-,4+,5+;/m0./s1. The Morgan fingerprint density at radius 3 is 1.05 bits per heavy atom. The lowest BCUT2D eigenvalue weighted by atomic mass is 10.1. The summed E-state index contributed by atoms with van der Waals surface area (Å²) < 4.78 is 0. The number of aliphatic hydroxyl groups excluding tert-OH is 8.